The Kier molecular flexibility index (Phi) is 3.93. The van der Waals surface area contributed by atoms with Gasteiger partial charge in [-0.25, -0.2) is 4.98 Å². The first-order valence-electron chi connectivity index (χ1n) is 9.38. The fourth-order valence-corrected chi connectivity index (χ4v) is 4.82. The molecule has 1 aromatic heterocycles. The van der Waals surface area contributed by atoms with E-state index in [1.807, 2.05) is 17.3 Å². The summed E-state index contributed by atoms with van der Waals surface area (Å²) in [5.41, 5.74) is 3.09. The maximum Gasteiger partial charge on any atom is 0.222 e. The Hall–Kier alpha value is -2.40. The first kappa shape index (κ1) is 16.8. The molecule has 1 fully saturated rings. The summed E-state index contributed by atoms with van der Waals surface area (Å²) in [5.74, 6) is 1.22. The summed E-state index contributed by atoms with van der Waals surface area (Å²) >= 11 is 3.55. The largest absolute Gasteiger partial charge is 0.340 e. The summed E-state index contributed by atoms with van der Waals surface area (Å²) < 4.78 is 3.30. The van der Waals surface area contributed by atoms with E-state index in [9.17, 15) is 4.79 Å². The molecule has 2 aliphatic rings. The van der Waals surface area contributed by atoms with Gasteiger partial charge < -0.3 is 9.47 Å². The number of carbonyl (C=O) groups is 1. The van der Waals surface area contributed by atoms with E-state index >= 15 is 0 Å². The van der Waals surface area contributed by atoms with Crippen LogP contribution in [0.4, 0.5) is 0 Å². The van der Waals surface area contributed by atoms with E-state index in [2.05, 4.69) is 74.0 Å². The molecule has 0 bridgehead atoms. The van der Waals surface area contributed by atoms with Gasteiger partial charge in [0, 0.05) is 35.4 Å². The molecule has 136 valence electrons. The third kappa shape index (κ3) is 2.48. The molecule has 5 rings (SSSR count). The van der Waals surface area contributed by atoms with Crippen molar-refractivity contribution < 1.29 is 4.79 Å². The van der Waals surface area contributed by atoms with Gasteiger partial charge in [-0.15, -0.1) is 0 Å². The summed E-state index contributed by atoms with van der Waals surface area (Å²) in [6.45, 7) is 1.46. The van der Waals surface area contributed by atoms with Gasteiger partial charge in [-0.3, -0.25) is 4.79 Å². The van der Waals surface area contributed by atoms with Crippen molar-refractivity contribution in [3.8, 4) is 11.4 Å². The lowest BCUT2D eigenvalue weighted by Crippen LogP contribution is -2.48. The third-order valence-electron chi connectivity index (χ3n) is 5.83. The van der Waals surface area contributed by atoms with Crippen LogP contribution in [0.3, 0.4) is 0 Å². The van der Waals surface area contributed by atoms with Gasteiger partial charge in [-0.1, -0.05) is 52.3 Å². The number of piperidine rings is 1. The number of imidazole rings is 1. The monoisotopic (exact) mass is 421 g/mol. The van der Waals surface area contributed by atoms with Gasteiger partial charge in [-0.05, 0) is 36.1 Å². The minimum absolute atomic E-state index is 0.254. The van der Waals surface area contributed by atoms with Crippen molar-refractivity contribution >= 4 is 21.8 Å². The second kappa shape index (κ2) is 6.34. The van der Waals surface area contributed by atoms with Crippen LogP contribution in [-0.2, 0) is 10.3 Å². The first-order valence-corrected chi connectivity index (χ1v) is 10.2. The lowest BCUT2D eigenvalue weighted by molar-refractivity contribution is -0.134. The number of hydrogen-bond donors (Lipinski definition) is 0. The topological polar surface area (TPSA) is 38.1 Å². The molecular formula is C22H20BrN3O. The minimum atomic E-state index is -0.448. The van der Waals surface area contributed by atoms with Crippen LogP contribution in [0.5, 0.6) is 0 Å². The molecule has 4 nitrogen and oxygen atoms in total. The summed E-state index contributed by atoms with van der Waals surface area (Å²) in [5, 5.41) is 0. The Morgan fingerprint density at radius 2 is 1.89 bits per heavy atom. The fraction of sp³-hybridized carbons (Fsp3) is 0.273. The van der Waals surface area contributed by atoms with E-state index in [4.69, 9.17) is 0 Å². The third-order valence-corrected chi connectivity index (χ3v) is 6.36. The van der Waals surface area contributed by atoms with Crippen molar-refractivity contribution in [2.24, 2.45) is 0 Å². The lowest BCUT2D eigenvalue weighted by atomic mass is 9.81. The van der Waals surface area contributed by atoms with E-state index in [-0.39, 0.29) is 5.91 Å². The Balaban J connectivity index is 1.75. The number of benzene rings is 2. The van der Waals surface area contributed by atoms with Crippen LogP contribution in [0.15, 0.2) is 65.4 Å². The summed E-state index contributed by atoms with van der Waals surface area (Å²) in [4.78, 5) is 19.3. The predicted octanol–water partition coefficient (Wildman–Crippen LogP) is 4.43. The van der Waals surface area contributed by atoms with E-state index in [1.165, 1.54) is 11.1 Å². The average Bonchev–Trinajstić information content (AvgIpc) is 3.27. The van der Waals surface area contributed by atoms with Crippen molar-refractivity contribution in [2.75, 3.05) is 13.1 Å². The smallest absolute Gasteiger partial charge is 0.222 e. The van der Waals surface area contributed by atoms with Crippen LogP contribution in [-0.4, -0.2) is 33.4 Å². The Morgan fingerprint density at radius 1 is 1.07 bits per heavy atom. The molecule has 2 aromatic carbocycles. The van der Waals surface area contributed by atoms with Crippen LogP contribution in [0.25, 0.3) is 11.4 Å². The average molecular weight is 422 g/mol. The van der Waals surface area contributed by atoms with Gasteiger partial charge in [0.2, 0.25) is 5.91 Å². The Morgan fingerprint density at radius 3 is 2.70 bits per heavy atom. The quantitative estimate of drug-likeness (QED) is 0.627. The van der Waals surface area contributed by atoms with Crippen LogP contribution in [0.2, 0.25) is 0 Å². The zero-order valence-electron chi connectivity index (χ0n) is 14.9. The van der Waals surface area contributed by atoms with E-state index < -0.39 is 5.54 Å². The molecule has 1 amide bonds. The van der Waals surface area contributed by atoms with Gasteiger partial charge in [0.1, 0.15) is 11.4 Å². The Bertz CT molecular complexity index is 1010. The number of amides is 1. The van der Waals surface area contributed by atoms with Crippen molar-refractivity contribution in [3.05, 3.63) is 76.5 Å². The number of rotatable bonds is 3. The van der Waals surface area contributed by atoms with Gasteiger partial charge in [0.05, 0.1) is 6.54 Å². The minimum Gasteiger partial charge on any atom is -0.340 e. The second-order valence-electron chi connectivity index (χ2n) is 7.31. The number of likely N-dealkylation sites (tertiary alicyclic amines) is 1. The van der Waals surface area contributed by atoms with Gasteiger partial charge in [-0.2, -0.15) is 0 Å². The van der Waals surface area contributed by atoms with Crippen LogP contribution in [0, 0.1) is 0 Å². The summed E-state index contributed by atoms with van der Waals surface area (Å²) in [6, 6.07) is 16.9. The highest BCUT2D eigenvalue weighted by atomic mass is 79.9. The molecule has 0 spiro atoms. The number of aromatic nitrogens is 2. The van der Waals surface area contributed by atoms with E-state index in [1.54, 1.807) is 0 Å². The molecule has 1 unspecified atom stereocenters. The van der Waals surface area contributed by atoms with Crippen LogP contribution in [0.1, 0.15) is 30.4 Å². The lowest BCUT2D eigenvalue weighted by Gasteiger charge is -2.39. The molecule has 0 aliphatic carbocycles. The van der Waals surface area contributed by atoms with Crippen molar-refractivity contribution in [2.45, 2.75) is 24.8 Å². The highest BCUT2D eigenvalue weighted by molar-refractivity contribution is 9.10. The Labute approximate surface area is 167 Å². The molecule has 3 heterocycles. The van der Waals surface area contributed by atoms with Crippen molar-refractivity contribution in [3.63, 3.8) is 0 Å². The number of fused-ring (bicyclic) bond motifs is 3. The maximum atomic E-state index is 12.7. The second-order valence-corrected chi connectivity index (χ2v) is 8.22. The highest BCUT2D eigenvalue weighted by Crippen LogP contribution is 2.47. The molecule has 0 saturated carbocycles. The zero-order chi connectivity index (χ0) is 18.4. The molecule has 3 aromatic rings. The SMILES string of the molecule is O=C1CCCCN1CC1(c2ccc(Br)cc2)c2ccccc2-c2nccn21. The van der Waals surface area contributed by atoms with Gasteiger partial charge in [0.25, 0.3) is 0 Å². The van der Waals surface area contributed by atoms with Gasteiger partial charge in [0.15, 0.2) is 0 Å². The van der Waals surface area contributed by atoms with E-state index in [0.717, 1.165) is 35.2 Å². The normalized spacial score (nSPS) is 21.2. The molecule has 1 atom stereocenters. The molecule has 0 radical (unpaired) electrons. The molecule has 1 saturated heterocycles. The summed E-state index contributed by atoms with van der Waals surface area (Å²) in [7, 11) is 0. The first-order chi connectivity index (χ1) is 13.2. The van der Waals surface area contributed by atoms with Gasteiger partial charge >= 0.3 is 0 Å². The van der Waals surface area contributed by atoms with Crippen LogP contribution >= 0.6 is 15.9 Å². The highest BCUT2D eigenvalue weighted by Gasteiger charge is 2.46. The number of carbonyl (C=O) groups excluding carboxylic acids is 1. The predicted molar refractivity (Wildman–Crippen MR) is 108 cm³/mol. The molecule has 2 aliphatic heterocycles. The maximum absolute atomic E-state index is 12.7. The molecular weight excluding hydrogens is 402 g/mol. The van der Waals surface area contributed by atoms with Crippen LogP contribution < -0.4 is 0 Å². The molecule has 0 N–H and O–H groups in total. The number of halogens is 1. The van der Waals surface area contributed by atoms with Crippen molar-refractivity contribution in [1.29, 1.82) is 0 Å². The number of hydrogen-bond acceptors (Lipinski definition) is 2. The fourth-order valence-electron chi connectivity index (χ4n) is 4.56. The van der Waals surface area contributed by atoms with E-state index in [0.29, 0.717) is 13.0 Å². The zero-order valence-corrected chi connectivity index (χ0v) is 16.5. The standard InChI is InChI=1S/C22H20BrN3O/c23-17-10-8-16(9-11-17)22(15-25-13-4-3-7-20(25)27)19-6-2-1-5-18(19)21-24-12-14-26(21)22/h1-2,5-6,8-12,14H,3-4,7,13,15H2. The molecule has 27 heavy (non-hydrogen) atoms. The molecule has 5 heteroatoms. The summed E-state index contributed by atoms with van der Waals surface area (Å²) in [6.07, 6.45) is 6.62. The number of nitrogens with zero attached hydrogens (tertiary/aromatic N) is 3. The van der Waals surface area contributed by atoms with Crippen molar-refractivity contribution in [1.82, 2.24) is 14.5 Å².